The number of ether oxygens (including phenoxy) is 4. The van der Waals surface area contributed by atoms with Gasteiger partial charge in [0.25, 0.3) is 0 Å². The highest BCUT2D eigenvalue weighted by Crippen LogP contribution is 2.34. The standard InChI is InChI=1S/C26H34N2O6/c1-6-34-21-10-8-19(16-23(21)33-5)17-28-24(29)11-13-26(28,2)25(30)27-14-12-18-7-9-20(31-3)22(15-18)32-4/h7-10,15-16H,6,11-14,17H2,1-5H3,(H,27,30). The van der Waals surface area contributed by atoms with E-state index >= 15 is 0 Å². The number of benzene rings is 2. The highest BCUT2D eigenvalue weighted by atomic mass is 16.5. The number of carbonyl (C=O) groups excluding carboxylic acids is 2. The molecule has 2 aromatic rings. The van der Waals surface area contributed by atoms with E-state index in [0.29, 0.717) is 62.0 Å². The molecular weight excluding hydrogens is 436 g/mol. The van der Waals surface area contributed by atoms with Gasteiger partial charge in [-0.2, -0.15) is 0 Å². The van der Waals surface area contributed by atoms with Crippen molar-refractivity contribution >= 4 is 11.8 Å². The maximum Gasteiger partial charge on any atom is 0.245 e. The molecule has 8 nitrogen and oxygen atoms in total. The average molecular weight is 471 g/mol. The quantitative estimate of drug-likeness (QED) is 0.542. The van der Waals surface area contributed by atoms with Gasteiger partial charge in [0, 0.05) is 19.5 Å². The van der Waals surface area contributed by atoms with Crippen molar-refractivity contribution in [3.63, 3.8) is 0 Å². The van der Waals surface area contributed by atoms with E-state index in [9.17, 15) is 9.59 Å². The monoisotopic (exact) mass is 470 g/mol. The van der Waals surface area contributed by atoms with Crippen LogP contribution in [0, 0.1) is 0 Å². The largest absolute Gasteiger partial charge is 0.493 e. The molecule has 1 heterocycles. The molecule has 0 radical (unpaired) electrons. The second-order valence-electron chi connectivity index (χ2n) is 8.37. The molecule has 1 N–H and O–H groups in total. The van der Waals surface area contributed by atoms with Crippen LogP contribution in [0.25, 0.3) is 0 Å². The zero-order valence-corrected chi connectivity index (χ0v) is 20.6. The van der Waals surface area contributed by atoms with Gasteiger partial charge in [-0.3, -0.25) is 9.59 Å². The normalized spacial score (nSPS) is 17.4. The van der Waals surface area contributed by atoms with E-state index in [4.69, 9.17) is 18.9 Å². The van der Waals surface area contributed by atoms with Crippen molar-refractivity contribution in [1.82, 2.24) is 10.2 Å². The molecule has 1 aliphatic rings. The number of amides is 2. The van der Waals surface area contributed by atoms with Crippen LogP contribution in [-0.2, 0) is 22.6 Å². The van der Waals surface area contributed by atoms with E-state index in [0.717, 1.165) is 11.1 Å². The Kier molecular flexibility index (Phi) is 8.26. The zero-order valence-electron chi connectivity index (χ0n) is 20.6. The van der Waals surface area contributed by atoms with Crippen molar-refractivity contribution in [3.05, 3.63) is 47.5 Å². The average Bonchev–Trinajstić information content (AvgIpc) is 3.14. The fourth-order valence-corrected chi connectivity index (χ4v) is 4.21. The summed E-state index contributed by atoms with van der Waals surface area (Å²) in [4.78, 5) is 27.6. The summed E-state index contributed by atoms with van der Waals surface area (Å²) < 4.78 is 21.6. The Balaban J connectivity index is 1.66. The molecule has 1 saturated heterocycles. The van der Waals surface area contributed by atoms with Crippen molar-refractivity contribution in [2.24, 2.45) is 0 Å². The second kappa shape index (κ2) is 11.1. The maximum absolute atomic E-state index is 13.2. The predicted molar refractivity (Wildman–Crippen MR) is 129 cm³/mol. The molecule has 0 bridgehead atoms. The van der Waals surface area contributed by atoms with E-state index in [-0.39, 0.29) is 11.8 Å². The minimum Gasteiger partial charge on any atom is -0.493 e. The molecule has 2 amide bonds. The molecular formula is C26H34N2O6. The van der Waals surface area contributed by atoms with Gasteiger partial charge in [-0.15, -0.1) is 0 Å². The smallest absolute Gasteiger partial charge is 0.245 e. The van der Waals surface area contributed by atoms with Crippen molar-refractivity contribution in [1.29, 1.82) is 0 Å². The Bertz CT molecular complexity index is 1020. The van der Waals surface area contributed by atoms with Gasteiger partial charge in [0.15, 0.2) is 23.0 Å². The molecule has 0 spiro atoms. The van der Waals surface area contributed by atoms with Crippen molar-refractivity contribution in [3.8, 4) is 23.0 Å². The van der Waals surface area contributed by atoms with Crippen LogP contribution in [0.3, 0.4) is 0 Å². The fourth-order valence-electron chi connectivity index (χ4n) is 4.21. The van der Waals surface area contributed by atoms with E-state index in [2.05, 4.69) is 5.32 Å². The van der Waals surface area contributed by atoms with Crippen LogP contribution < -0.4 is 24.3 Å². The molecule has 0 aromatic heterocycles. The highest BCUT2D eigenvalue weighted by Gasteiger charge is 2.47. The summed E-state index contributed by atoms with van der Waals surface area (Å²) in [6, 6.07) is 11.3. The summed E-state index contributed by atoms with van der Waals surface area (Å²) in [5.74, 6) is 2.37. The molecule has 0 saturated carbocycles. The maximum atomic E-state index is 13.2. The van der Waals surface area contributed by atoms with Gasteiger partial charge in [-0.05, 0) is 62.1 Å². The summed E-state index contributed by atoms with van der Waals surface area (Å²) in [5, 5.41) is 3.01. The van der Waals surface area contributed by atoms with Crippen molar-refractivity contribution in [2.45, 2.75) is 45.2 Å². The molecule has 1 fully saturated rings. The Morgan fingerprint density at radius 1 is 0.971 bits per heavy atom. The summed E-state index contributed by atoms with van der Waals surface area (Å²) in [7, 11) is 4.77. The number of rotatable bonds is 11. The number of hydrogen-bond donors (Lipinski definition) is 1. The third-order valence-corrected chi connectivity index (χ3v) is 6.23. The minimum absolute atomic E-state index is 0.0367. The lowest BCUT2D eigenvalue weighted by molar-refractivity contribution is -0.141. The van der Waals surface area contributed by atoms with Crippen LogP contribution in [0.2, 0.25) is 0 Å². The molecule has 3 rings (SSSR count). The van der Waals surface area contributed by atoms with Gasteiger partial charge in [0.1, 0.15) is 5.54 Å². The van der Waals surface area contributed by atoms with E-state index in [1.54, 1.807) is 26.2 Å². The zero-order chi connectivity index (χ0) is 24.7. The second-order valence-corrected chi connectivity index (χ2v) is 8.37. The first-order valence-electron chi connectivity index (χ1n) is 11.5. The summed E-state index contributed by atoms with van der Waals surface area (Å²) >= 11 is 0. The lowest BCUT2D eigenvalue weighted by atomic mass is 9.96. The molecule has 34 heavy (non-hydrogen) atoms. The predicted octanol–water partition coefficient (Wildman–Crippen LogP) is 3.35. The minimum atomic E-state index is -0.916. The number of methoxy groups -OCH3 is 3. The lowest BCUT2D eigenvalue weighted by Gasteiger charge is -2.34. The topological polar surface area (TPSA) is 86.3 Å². The van der Waals surface area contributed by atoms with Crippen LogP contribution in [0.5, 0.6) is 23.0 Å². The summed E-state index contributed by atoms with van der Waals surface area (Å²) in [5.41, 5.74) is 0.976. The Morgan fingerprint density at radius 2 is 1.59 bits per heavy atom. The molecule has 2 aromatic carbocycles. The van der Waals surface area contributed by atoms with Crippen LogP contribution in [-0.4, -0.2) is 56.7 Å². The van der Waals surface area contributed by atoms with E-state index in [1.807, 2.05) is 50.2 Å². The Labute approximate surface area is 201 Å². The first-order valence-corrected chi connectivity index (χ1v) is 11.5. The van der Waals surface area contributed by atoms with Gasteiger partial charge < -0.3 is 29.2 Å². The van der Waals surface area contributed by atoms with Crippen LogP contribution >= 0.6 is 0 Å². The first kappa shape index (κ1) is 25.2. The fraction of sp³-hybridized carbons (Fsp3) is 0.462. The van der Waals surface area contributed by atoms with Gasteiger partial charge in [-0.1, -0.05) is 12.1 Å². The van der Waals surface area contributed by atoms with Gasteiger partial charge in [0.05, 0.1) is 27.9 Å². The van der Waals surface area contributed by atoms with Gasteiger partial charge >= 0.3 is 0 Å². The van der Waals surface area contributed by atoms with E-state index in [1.165, 1.54) is 0 Å². The number of likely N-dealkylation sites (tertiary alicyclic amines) is 1. The lowest BCUT2D eigenvalue weighted by Crippen LogP contribution is -2.54. The molecule has 0 aliphatic carbocycles. The molecule has 1 unspecified atom stereocenters. The van der Waals surface area contributed by atoms with Crippen LogP contribution in [0.4, 0.5) is 0 Å². The third kappa shape index (κ3) is 5.38. The molecule has 8 heteroatoms. The summed E-state index contributed by atoms with van der Waals surface area (Å²) in [6.07, 6.45) is 1.45. The first-order chi connectivity index (χ1) is 16.4. The molecule has 1 aliphatic heterocycles. The Hall–Kier alpha value is -3.42. The van der Waals surface area contributed by atoms with Gasteiger partial charge in [0.2, 0.25) is 11.8 Å². The van der Waals surface area contributed by atoms with Crippen LogP contribution in [0.1, 0.15) is 37.8 Å². The number of nitrogens with one attached hydrogen (secondary N) is 1. The Morgan fingerprint density at radius 3 is 2.26 bits per heavy atom. The van der Waals surface area contributed by atoms with Crippen molar-refractivity contribution < 1.29 is 28.5 Å². The molecule has 1 atom stereocenters. The SMILES string of the molecule is CCOc1ccc(CN2C(=O)CCC2(C)C(=O)NCCc2ccc(OC)c(OC)c2)cc1OC. The van der Waals surface area contributed by atoms with Crippen LogP contribution in [0.15, 0.2) is 36.4 Å². The highest BCUT2D eigenvalue weighted by molar-refractivity contribution is 5.94. The third-order valence-electron chi connectivity index (χ3n) is 6.23. The molecule has 184 valence electrons. The van der Waals surface area contributed by atoms with Gasteiger partial charge in [-0.25, -0.2) is 0 Å². The van der Waals surface area contributed by atoms with Crippen molar-refractivity contribution in [2.75, 3.05) is 34.5 Å². The number of hydrogen-bond acceptors (Lipinski definition) is 6. The summed E-state index contributed by atoms with van der Waals surface area (Å²) in [6.45, 7) is 5.03. The number of nitrogens with zero attached hydrogens (tertiary/aromatic N) is 1. The number of carbonyl (C=O) groups is 2. The van der Waals surface area contributed by atoms with E-state index < -0.39 is 5.54 Å².